The van der Waals surface area contributed by atoms with Crippen LogP contribution in [-0.4, -0.2) is 21.0 Å². The quantitative estimate of drug-likeness (QED) is 0.711. The smallest absolute Gasteiger partial charge is 0.352 e. The summed E-state index contributed by atoms with van der Waals surface area (Å²) in [5, 5.41) is 8.77. The van der Waals surface area contributed by atoms with E-state index in [1.807, 2.05) is 0 Å². The molecule has 5 nitrogen and oxygen atoms in total. The van der Waals surface area contributed by atoms with E-state index in [2.05, 4.69) is 9.97 Å². The first-order chi connectivity index (χ1) is 7.59. The van der Waals surface area contributed by atoms with Crippen LogP contribution in [0.15, 0.2) is 29.2 Å². The predicted octanol–water partition coefficient (Wildman–Crippen LogP) is 1.38. The average Bonchev–Trinajstić information content (AvgIpc) is 2.66. The van der Waals surface area contributed by atoms with Gasteiger partial charge in [-0.25, -0.2) is 4.79 Å². The first kappa shape index (κ1) is 10.2. The van der Waals surface area contributed by atoms with Crippen LogP contribution in [0.1, 0.15) is 16.1 Å². The standard InChI is InChI=1S/C11H10N2O3/c1-6-4-5-12-10(14)9(6)7-2-3-8(13-7)11(15)16/h2-5,13H,1H3,(H,12,14)(H,15,16). The number of aryl methyl sites for hydroxylation is 1. The fourth-order valence-corrected chi connectivity index (χ4v) is 1.58. The second-order valence-electron chi connectivity index (χ2n) is 3.46. The van der Waals surface area contributed by atoms with Crippen molar-refractivity contribution in [3.8, 4) is 11.3 Å². The van der Waals surface area contributed by atoms with E-state index < -0.39 is 5.97 Å². The molecule has 0 aliphatic rings. The Bertz CT molecular complexity index is 595. The Morgan fingerprint density at radius 3 is 2.62 bits per heavy atom. The maximum Gasteiger partial charge on any atom is 0.352 e. The molecule has 2 rings (SSSR count). The van der Waals surface area contributed by atoms with Crippen LogP contribution < -0.4 is 5.56 Å². The topological polar surface area (TPSA) is 85.9 Å². The summed E-state index contributed by atoms with van der Waals surface area (Å²) in [7, 11) is 0. The number of hydrogen-bond donors (Lipinski definition) is 3. The number of carbonyl (C=O) groups is 1. The first-order valence-electron chi connectivity index (χ1n) is 4.70. The number of carboxylic acid groups (broad SMARTS) is 1. The van der Waals surface area contributed by atoms with Crippen LogP contribution in [-0.2, 0) is 0 Å². The average molecular weight is 218 g/mol. The Hall–Kier alpha value is -2.30. The van der Waals surface area contributed by atoms with Gasteiger partial charge in [0.25, 0.3) is 5.56 Å². The molecule has 2 aromatic heterocycles. The highest BCUT2D eigenvalue weighted by Crippen LogP contribution is 2.17. The normalized spacial score (nSPS) is 10.3. The lowest BCUT2D eigenvalue weighted by atomic mass is 10.1. The van der Waals surface area contributed by atoms with E-state index >= 15 is 0 Å². The van der Waals surface area contributed by atoms with Crippen molar-refractivity contribution in [3.63, 3.8) is 0 Å². The third-order valence-electron chi connectivity index (χ3n) is 2.35. The Morgan fingerprint density at radius 1 is 1.31 bits per heavy atom. The SMILES string of the molecule is Cc1cc[nH]c(=O)c1-c1ccc(C(=O)O)[nH]1. The van der Waals surface area contributed by atoms with Gasteiger partial charge in [0.2, 0.25) is 0 Å². The number of aromatic nitrogens is 2. The number of aromatic amines is 2. The highest BCUT2D eigenvalue weighted by molar-refractivity contribution is 5.87. The molecule has 0 fully saturated rings. The molecule has 2 heterocycles. The van der Waals surface area contributed by atoms with E-state index in [1.54, 1.807) is 25.3 Å². The van der Waals surface area contributed by atoms with Crippen LogP contribution in [0.2, 0.25) is 0 Å². The molecule has 0 saturated heterocycles. The molecule has 5 heteroatoms. The third-order valence-corrected chi connectivity index (χ3v) is 2.35. The zero-order chi connectivity index (χ0) is 11.7. The zero-order valence-electron chi connectivity index (χ0n) is 8.57. The lowest BCUT2D eigenvalue weighted by Gasteiger charge is -2.00. The maximum absolute atomic E-state index is 11.6. The van der Waals surface area contributed by atoms with Gasteiger partial charge in [0.1, 0.15) is 5.69 Å². The van der Waals surface area contributed by atoms with Crippen LogP contribution in [0, 0.1) is 6.92 Å². The Kier molecular flexibility index (Phi) is 2.36. The summed E-state index contributed by atoms with van der Waals surface area (Å²) in [6.45, 7) is 1.80. The number of hydrogen-bond acceptors (Lipinski definition) is 2. The van der Waals surface area contributed by atoms with E-state index in [0.717, 1.165) is 5.56 Å². The molecule has 0 radical (unpaired) electrons. The Labute approximate surface area is 90.8 Å². The van der Waals surface area contributed by atoms with Gasteiger partial charge < -0.3 is 15.1 Å². The van der Waals surface area contributed by atoms with Crippen LogP contribution >= 0.6 is 0 Å². The lowest BCUT2D eigenvalue weighted by Crippen LogP contribution is -2.09. The van der Waals surface area contributed by atoms with Crippen molar-refractivity contribution in [2.75, 3.05) is 0 Å². The van der Waals surface area contributed by atoms with Gasteiger partial charge in [0.05, 0.1) is 11.3 Å². The minimum atomic E-state index is -1.05. The summed E-state index contributed by atoms with van der Waals surface area (Å²) in [4.78, 5) is 27.5. The number of H-pyrrole nitrogens is 2. The molecule has 0 saturated carbocycles. The van der Waals surface area contributed by atoms with Crippen molar-refractivity contribution in [2.24, 2.45) is 0 Å². The molecular formula is C11H10N2O3. The van der Waals surface area contributed by atoms with Gasteiger partial charge in [-0.15, -0.1) is 0 Å². The first-order valence-corrected chi connectivity index (χ1v) is 4.70. The maximum atomic E-state index is 11.6. The van der Waals surface area contributed by atoms with Crippen molar-refractivity contribution in [1.29, 1.82) is 0 Å². The molecule has 0 aliphatic heterocycles. The largest absolute Gasteiger partial charge is 0.477 e. The van der Waals surface area contributed by atoms with Gasteiger partial charge in [0.15, 0.2) is 0 Å². The van der Waals surface area contributed by atoms with Crippen LogP contribution in [0.4, 0.5) is 0 Å². The fraction of sp³-hybridized carbons (Fsp3) is 0.0909. The molecule has 3 N–H and O–H groups in total. The minimum absolute atomic E-state index is 0.0673. The molecule has 0 aliphatic carbocycles. The van der Waals surface area contributed by atoms with Crippen molar-refractivity contribution in [3.05, 3.63) is 46.0 Å². The van der Waals surface area contributed by atoms with E-state index in [4.69, 9.17) is 5.11 Å². The highest BCUT2D eigenvalue weighted by Gasteiger charge is 2.11. The van der Waals surface area contributed by atoms with E-state index in [1.165, 1.54) is 6.07 Å². The van der Waals surface area contributed by atoms with Gasteiger partial charge in [-0.3, -0.25) is 4.79 Å². The summed E-state index contributed by atoms with van der Waals surface area (Å²) in [6.07, 6.45) is 1.56. The molecule has 0 atom stereocenters. The van der Waals surface area contributed by atoms with Crippen molar-refractivity contribution < 1.29 is 9.90 Å². The summed E-state index contributed by atoms with van der Waals surface area (Å²) in [6, 6.07) is 4.78. The summed E-state index contributed by atoms with van der Waals surface area (Å²) in [5.74, 6) is -1.05. The summed E-state index contributed by atoms with van der Waals surface area (Å²) in [5.41, 5.74) is 1.60. The minimum Gasteiger partial charge on any atom is -0.477 e. The van der Waals surface area contributed by atoms with Gasteiger partial charge in [-0.1, -0.05) is 0 Å². The summed E-state index contributed by atoms with van der Waals surface area (Å²) >= 11 is 0. The molecule has 0 amide bonds. The second kappa shape index (κ2) is 3.69. The monoisotopic (exact) mass is 218 g/mol. The lowest BCUT2D eigenvalue weighted by molar-refractivity contribution is 0.0691. The molecule has 0 aromatic carbocycles. The number of pyridine rings is 1. The number of nitrogens with one attached hydrogen (secondary N) is 2. The number of aromatic carboxylic acids is 1. The van der Waals surface area contributed by atoms with Gasteiger partial charge in [0, 0.05) is 6.20 Å². The van der Waals surface area contributed by atoms with E-state index in [9.17, 15) is 9.59 Å². The van der Waals surface area contributed by atoms with Crippen molar-refractivity contribution in [1.82, 2.24) is 9.97 Å². The molecule has 82 valence electrons. The summed E-state index contributed by atoms with van der Waals surface area (Å²) < 4.78 is 0. The van der Waals surface area contributed by atoms with E-state index in [0.29, 0.717) is 11.3 Å². The van der Waals surface area contributed by atoms with E-state index in [-0.39, 0.29) is 11.3 Å². The number of carboxylic acids is 1. The van der Waals surface area contributed by atoms with Gasteiger partial charge in [-0.2, -0.15) is 0 Å². The van der Waals surface area contributed by atoms with Crippen molar-refractivity contribution >= 4 is 5.97 Å². The molecule has 2 aromatic rings. The molecule has 16 heavy (non-hydrogen) atoms. The molecule has 0 bridgehead atoms. The van der Waals surface area contributed by atoms with Gasteiger partial charge in [-0.05, 0) is 30.7 Å². The van der Waals surface area contributed by atoms with Crippen LogP contribution in [0.25, 0.3) is 11.3 Å². The van der Waals surface area contributed by atoms with Gasteiger partial charge >= 0.3 is 5.97 Å². The molecule has 0 spiro atoms. The van der Waals surface area contributed by atoms with Crippen molar-refractivity contribution in [2.45, 2.75) is 6.92 Å². The Balaban J connectivity index is 2.59. The molecular weight excluding hydrogens is 208 g/mol. The zero-order valence-corrected chi connectivity index (χ0v) is 8.57. The van der Waals surface area contributed by atoms with Crippen LogP contribution in [0.5, 0.6) is 0 Å². The predicted molar refractivity (Wildman–Crippen MR) is 58.5 cm³/mol. The van der Waals surface area contributed by atoms with Crippen LogP contribution in [0.3, 0.4) is 0 Å². The highest BCUT2D eigenvalue weighted by atomic mass is 16.4. The number of rotatable bonds is 2. The fourth-order valence-electron chi connectivity index (χ4n) is 1.58. The Morgan fingerprint density at radius 2 is 2.06 bits per heavy atom. The third kappa shape index (κ3) is 1.63. The second-order valence-corrected chi connectivity index (χ2v) is 3.46. The molecule has 0 unspecified atom stereocenters.